The van der Waals surface area contributed by atoms with Crippen molar-refractivity contribution in [2.45, 2.75) is 0 Å². The van der Waals surface area contributed by atoms with Crippen LogP contribution in [-0.2, 0) is 0 Å². The second-order valence-electron chi connectivity index (χ2n) is 3.86. The molecule has 0 atom stereocenters. The molecule has 2 nitrogen and oxygen atoms in total. The molecule has 1 aliphatic rings. The Morgan fingerprint density at radius 1 is 1.11 bits per heavy atom. The van der Waals surface area contributed by atoms with Gasteiger partial charge in [0, 0.05) is 31.9 Å². The second kappa shape index (κ2) is 7.58. The predicted molar refractivity (Wildman–Crippen MR) is 81.8 cm³/mol. The molecule has 0 aliphatic carbocycles. The Bertz CT molecular complexity index is 437. The van der Waals surface area contributed by atoms with Gasteiger partial charge in [0.1, 0.15) is 4.32 Å². The van der Waals surface area contributed by atoms with Crippen molar-refractivity contribution >= 4 is 58.1 Å². The molecule has 0 aromatic heterocycles. The molecule has 2 rings (SSSR count). The molecule has 18 heavy (non-hydrogen) atoms. The van der Waals surface area contributed by atoms with E-state index >= 15 is 0 Å². The first-order valence-electron chi connectivity index (χ1n) is 5.26. The Hall–Kier alpha value is 0.840. The Kier molecular flexibility index (Phi) is 7.11. The third-order valence-corrected chi connectivity index (χ3v) is 4.10. The van der Waals surface area contributed by atoms with Crippen molar-refractivity contribution in [3.63, 3.8) is 0 Å². The fourth-order valence-electron chi connectivity index (χ4n) is 1.84. The van der Waals surface area contributed by atoms with Crippen molar-refractivity contribution in [3.05, 3.63) is 28.2 Å². The largest absolute Gasteiger partial charge is 1.00 e. The van der Waals surface area contributed by atoms with Crippen LogP contribution in [0.2, 0.25) is 10.0 Å². The topological polar surface area (TPSA) is 6.48 Å². The summed E-state index contributed by atoms with van der Waals surface area (Å²) in [5.41, 5.74) is 1.10. The molecule has 0 amide bonds. The van der Waals surface area contributed by atoms with E-state index in [0.29, 0.717) is 14.4 Å². The smallest absolute Gasteiger partial charge is 0.368 e. The predicted octanol–water partition coefficient (Wildman–Crippen LogP) is 0.334. The van der Waals surface area contributed by atoms with Gasteiger partial charge in [-0.3, -0.25) is 0 Å². The molecule has 0 bridgehead atoms. The van der Waals surface area contributed by atoms with Crippen LogP contribution in [-0.4, -0.2) is 35.4 Å². The molecule has 7 heteroatoms. The molecule has 1 aliphatic heterocycles. The SMILES string of the molecule is S=C(S)N1CCN(c2ccc(Cl)c(Cl)c2)CC1.[Na+]. The maximum atomic E-state index is 6.01. The van der Waals surface area contributed by atoms with Crippen LogP contribution in [0.3, 0.4) is 0 Å². The average molecular weight is 330 g/mol. The third kappa shape index (κ3) is 4.17. The van der Waals surface area contributed by atoms with E-state index in [1.54, 1.807) is 0 Å². The monoisotopic (exact) mass is 329 g/mol. The van der Waals surface area contributed by atoms with Gasteiger partial charge < -0.3 is 9.80 Å². The zero-order valence-corrected chi connectivity index (χ0v) is 15.3. The normalized spacial score (nSPS) is 15.3. The van der Waals surface area contributed by atoms with Crippen LogP contribution in [0.4, 0.5) is 5.69 Å². The van der Waals surface area contributed by atoms with Gasteiger partial charge in [-0.2, -0.15) is 0 Å². The number of hydrogen-bond donors (Lipinski definition) is 1. The van der Waals surface area contributed by atoms with Gasteiger partial charge in [-0.25, -0.2) is 0 Å². The molecule has 1 saturated heterocycles. The minimum atomic E-state index is 0. The van der Waals surface area contributed by atoms with Crippen molar-refractivity contribution in [1.82, 2.24) is 4.90 Å². The summed E-state index contributed by atoms with van der Waals surface area (Å²) < 4.78 is 0.666. The van der Waals surface area contributed by atoms with E-state index in [2.05, 4.69) is 22.4 Å². The molecule has 1 aromatic rings. The van der Waals surface area contributed by atoms with E-state index in [1.165, 1.54) is 0 Å². The van der Waals surface area contributed by atoms with E-state index in [0.717, 1.165) is 31.9 Å². The standard InChI is InChI=1S/C11H12Cl2N2S2.Na/c12-9-2-1-8(7-10(9)13)14-3-5-15(6-4-14)11(16)17;/h1-2,7H,3-6H2,(H,16,17);/q;+1. The molecule has 0 radical (unpaired) electrons. The maximum Gasteiger partial charge on any atom is 1.00 e. The Balaban J connectivity index is 0.00000162. The van der Waals surface area contributed by atoms with E-state index in [4.69, 9.17) is 35.4 Å². The molecule has 0 unspecified atom stereocenters. The molecule has 1 aromatic carbocycles. The summed E-state index contributed by atoms with van der Waals surface area (Å²) in [6, 6.07) is 5.72. The summed E-state index contributed by atoms with van der Waals surface area (Å²) in [5.74, 6) is 0. The molecular formula is C11H12Cl2N2NaS2+. The molecular weight excluding hydrogens is 318 g/mol. The summed E-state index contributed by atoms with van der Waals surface area (Å²) in [7, 11) is 0. The van der Waals surface area contributed by atoms with E-state index in [-0.39, 0.29) is 29.6 Å². The number of hydrogen-bond acceptors (Lipinski definition) is 2. The zero-order chi connectivity index (χ0) is 12.4. The average Bonchev–Trinajstić information content (AvgIpc) is 2.33. The van der Waals surface area contributed by atoms with Crippen molar-refractivity contribution in [2.75, 3.05) is 31.1 Å². The zero-order valence-electron chi connectivity index (χ0n) is 10.1. The van der Waals surface area contributed by atoms with Crippen molar-refractivity contribution in [3.8, 4) is 0 Å². The first-order valence-corrected chi connectivity index (χ1v) is 6.87. The minimum Gasteiger partial charge on any atom is -0.368 e. The first-order chi connectivity index (χ1) is 8.08. The minimum absolute atomic E-state index is 0. The van der Waals surface area contributed by atoms with Crippen LogP contribution in [0.5, 0.6) is 0 Å². The third-order valence-electron chi connectivity index (χ3n) is 2.82. The second-order valence-corrected chi connectivity index (χ2v) is 5.78. The quantitative estimate of drug-likeness (QED) is 0.451. The number of halogens is 2. The summed E-state index contributed by atoms with van der Waals surface area (Å²) in [6.07, 6.45) is 0. The van der Waals surface area contributed by atoms with Gasteiger partial charge in [-0.1, -0.05) is 35.4 Å². The number of thiol groups is 1. The van der Waals surface area contributed by atoms with E-state index < -0.39 is 0 Å². The first kappa shape index (κ1) is 16.9. The molecule has 0 saturated carbocycles. The Morgan fingerprint density at radius 2 is 1.72 bits per heavy atom. The number of piperazine rings is 1. The Morgan fingerprint density at radius 3 is 2.22 bits per heavy atom. The van der Waals surface area contributed by atoms with Crippen molar-refractivity contribution < 1.29 is 29.6 Å². The summed E-state index contributed by atoms with van der Waals surface area (Å²) in [5, 5.41) is 1.18. The number of anilines is 1. The molecule has 0 N–H and O–H groups in total. The Labute approximate surface area is 150 Å². The van der Waals surface area contributed by atoms with Crippen LogP contribution in [0, 0.1) is 0 Å². The van der Waals surface area contributed by atoms with Gasteiger partial charge in [0.25, 0.3) is 0 Å². The fraction of sp³-hybridized carbons (Fsp3) is 0.364. The van der Waals surface area contributed by atoms with Crippen molar-refractivity contribution in [1.29, 1.82) is 0 Å². The van der Waals surface area contributed by atoms with Crippen LogP contribution in [0.1, 0.15) is 0 Å². The molecule has 92 valence electrons. The molecule has 0 spiro atoms. The van der Waals surface area contributed by atoms with E-state index in [9.17, 15) is 0 Å². The number of thiocarbonyl (C=S) groups is 1. The number of rotatable bonds is 1. The van der Waals surface area contributed by atoms with Gasteiger partial charge in [0.2, 0.25) is 0 Å². The van der Waals surface area contributed by atoms with Gasteiger partial charge in [-0.15, -0.1) is 12.6 Å². The van der Waals surface area contributed by atoms with Crippen LogP contribution < -0.4 is 34.5 Å². The molecule has 1 fully saturated rings. The van der Waals surface area contributed by atoms with Gasteiger partial charge in [-0.05, 0) is 18.2 Å². The van der Waals surface area contributed by atoms with Gasteiger partial charge >= 0.3 is 29.6 Å². The van der Waals surface area contributed by atoms with Crippen LogP contribution >= 0.6 is 48.0 Å². The van der Waals surface area contributed by atoms with Crippen molar-refractivity contribution in [2.24, 2.45) is 0 Å². The summed E-state index contributed by atoms with van der Waals surface area (Å²) in [6.45, 7) is 3.61. The summed E-state index contributed by atoms with van der Waals surface area (Å²) in [4.78, 5) is 4.36. The number of benzene rings is 1. The van der Waals surface area contributed by atoms with Gasteiger partial charge in [0.15, 0.2) is 0 Å². The van der Waals surface area contributed by atoms with Crippen LogP contribution in [0.15, 0.2) is 18.2 Å². The maximum absolute atomic E-state index is 6.01. The summed E-state index contributed by atoms with van der Waals surface area (Å²) >= 11 is 21.1. The fourth-order valence-corrected chi connectivity index (χ4v) is 2.51. The van der Waals surface area contributed by atoms with E-state index in [1.807, 2.05) is 18.2 Å². The molecule has 1 heterocycles. The number of nitrogens with zero attached hydrogens (tertiary/aromatic N) is 2. The van der Waals surface area contributed by atoms with Crippen LogP contribution in [0.25, 0.3) is 0 Å². The van der Waals surface area contributed by atoms with Gasteiger partial charge in [0.05, 0.1) is 10.0 Å².